The number of aliphatic hydroxyl groups is 1. The van der Waals surface area contributed by atoms with Crippen molar-refractivity contribution < 1.29 is 9.84 Å². The molecule has 0 bridgehead atoms. The number of ether oxygens (including phenoxy) is 1. The van der Waals surface area contributed by atoms with E-state index in [-0.39, 0.29) is 5.56 Å². The van der Waals surface area contributed by atoms with Crippen LogP contribution in [0.2, 0.25) is 0 Å². The minimum absolute atomic E-state index is 0.123. The summed E-state index contributed by atoms with van der Waals surface area (Å²) in [6.07, 6.45) is 6.57. The van der Waals surface area contributed by atoms with Crippen LogP contribution in [0.3, 0.4) is 0 Å². The van der Waals surface area contributed by atoms with Crippen molar-refractivity contribution in [2.45, 2.75) is 12.5 Å². The van der Waals surface area contributed by atoms with Crippen molar-refractivity contribution in [2.75, 3.05) is 7.11 Å². The van der Waals surface area contributed by atoms with E-state index in [0.717, 1.165) is 27.7 Å². The molecule has 0 aliphatic carbocycles. The predicted molar refractivity (Wildman–Crippen MR) is 133 cm³/mol. The fourth-order valence-electron chi connectivity index (χ4n) is 4.53. The summed E-state index contributed by atoms with van der Waals surface area (Å²) < 4.78 is 8.63. The molecule has 0 saturated heterocycles. The summed E-state index contributed by atoms with van der Waals surface area (Å²) in [6.45, 7) is 1.91. The molecule has 1 atom stereocenters. The molecule has 0 saturated carbocycles. The fraction of sp³-hybridized carbons (Fsp3) is 0.185. The highest BCUT2D eigenvalue weighted by atomic mass is 16.5. The summed E-state index contributed by atoms with van der Waals surface area (Å²) in [4.78, 5) is 26.0. The average molecular weight is 468 g/mol. The van der Waals surface area contributed by atoms with Gasteiger partial charge in [-0.25, -0.2) is 4.98 Å². The van der Waals surface area contributed by atoms with E-state index in [9.17, 15) is 9.90 Å². The van der Waals surface area contributed by atoms with E-state index < -0.39 is 5.60 Å². The van der Waals surface area contributed by atoms with Crippen molar-refractivity contribution in [3.8, 4) is 16.9 Å². The van der Waals surface area contributed by atoms with E-state index in [1.165, 1.54) is 0 Å². The van der Waals surface area contributed by atoms with E-state index in [2.05, 4.69) is 15.0 Å². The van der Waals surface area contributed by atoms with Crippen molar-refractivity contribution in [2.24, 2.45) is 14.1 Å². The molecule has 1 unspecified atom stereocenters. The van der Waals surface area contributed by atoms with Crippen molar-refractivity contribution in [1.82, 2.24) is 24.1 Å². The standard InChI is InChI=1S/C27H25N5O3/c1-17-20(6-5-11-29-17)21-13-26(33)32(3)23-9-7-18(12-22(21)23)27(34,25-15-28-16-31(25)2)24-10-8-19(35-4)14-30-24/h5-16,34H,1-4H3. The van der Waals surface area contributed by atoms with Crippen LogP contribution in [0.1, 0.15) is 22.6 Å². The van der Waals surface area contributed by atoms with Crippen LogP contribution in [0.5, 0.6) is 5.75 Å². The zero-order valence-electron chi connectivity index (χ0n) is 19.9. The molecule has 8 nitrogen and oxygen atoms in total. The maximum absolute atomic E-state index is 12.8. The molecule has 0 fully saturated rings. The van der Waals surface area contributed by atoms with Crippen molar-refractivity contribution >= 4 is 10.9 Å². The summed E-state index contributed by atoms with van der Waals surface area (Å²) in [5.74, 6) is 0.587. The van der Waals surface area contributed by atoms with Gasteiger partial charge in [0.2, 0.25) is 0 Å². The Morgan fingerprint density at radius 1 is 1.00 bits per heavy atom. The SMILES string of the molecule is COc1ccc(C(O)(c2ccc3c(c2)c(-c2cccnc2C)cc(=O)n3C)c2cncn2C)nc1. The van der Waals surface area contributed by atoms with E-state index in [1.54, 1.807) is 66.4 Å². The summed E-state index contributed by atoms with van der Waals surface area (Å²) in [7, 11) is 5.13. The van der Waals surface area contributed by atoms with Crippen LogP contribution < -0.4 is 10.3 Å². The molecule has 5 rings (SSSR count). The first-order valence-corrected chi connectivity index (χ1v) is 11.1. The van der Waals surface area contributed by atoms with Crippen molar-refractivity contribution in [3.63, 3.8) is 0 Å². The molecule has 35 heavy (non-hydrogen) atoms. The maximum atomic E-state index is 12.8. The number of hydrogen-bond donors (Lipinski definition) is 1. The number of imidazole rings is 1. The van der Waals surface area contributed by atoms with Gasteiger partial charge in [-0.1, -0.05) is 12.1 Å². The number of hydrogen-bond acceptors (Lipinski definition) is 6. The topological polar surface area (TPSA) is 95.1 Å². The third-order valence-corrected chi connectivity index (χ3v) is 6.49. The highest BCUT2D eigenvalue weighted by Crippen LogP contribution is 2.38. The number of aryl methyl sites for hydroxylation is 3. The Labute approximate surface area is 202 Å². The van der Waals surface area contributed by atoms with Crippen LogP contribution in [0.25, 0.3) is 22.0 Å². The molecule has 4 aromatic heterocycles. The van der Waals surface area contributed by atoms with Crippen LogP contribution in [-0.4, -0.2) is 36.3 Å². The third-order valence-electron chi connectivity index (χ3n) is 6.49. The largest absolute Gasteiger partial charge is 0.495 e. The van der Waals surface area contributed by atoms with E-state index in [1.807, 2.05) is 44.3 Å². The number of pyridine rings is 3. The Hall–Kier alpha value is -4.30. The van der Waals surface area contributed by atoms with Gasteiger partial charge in [0.25, 0.3) is 5.56 Å². The summed E-state index contributed by atoms with van der Waals surface area (Å²) in [6, 6.07) is 14.5. The second-order valence-corrected chi connectivity index (χ2v) is 8.51. The molecule has 5 aromatic rings. The Balaban J connectivity index is 1.83. The molecule has 1 aromatic carbocycles. The third kappa shape index (κ3) is 3.59. The molecule has 176 valence electrons. The van der Waals surface area contributed by atoms with Gasteiger partial charge in [-0.2, -0.15) is 0 Å². The predicted octanol–water partition coefficient (Wildman–Crippen LogP) is 3.33. The highest BCUT2D eigenvalue weighted by molar-refractivity contribution is 5.95. The van der Waals surface area contributed by atoms with Crippen LogP contribution in [0.4, 0.5) is 0 Å². The number of fused-ring (bicyclic) bond motifs is 1. The molecular formula is C27H25N5O3. The van der Waals surface area contributed by atoms with Crippen LogP contribution in [-0.2, 0) is 19.7 Å². The highest BCUT2D eigenvalue weighted by Gasteiger charge is 2.38. The van der Waals surface area contributed by atoms with Crippen molar-refractivity contribution in [3.05, 3.63) is 106 Å². The number of benzene rings is 1. The van der Waals surface area contributed by atoms with Gasteiger partial charge in [0.05, 0.1) is 42.7 Å². The van der Waals surface area contributed by atoms with E-state index in [0.29, 0.717) is 22.7 Å². The van der Waals surface area contributed by atoms with Gasteiger partial charge in [0.1, 0.15) is 5.75 Å². The lowest BCUT2D eigenvalue weighted by Crippen LogP contribution is -2.32. The molecule has 0 aliphatic heterocycles. The molecular weight excluding hydrogens is 442 g/mol. The number of rotatable bonds is 5. The van der Waals surface area contributed by atoms with Crippen LogP contribution in [0.15, 0.2) is 78.2 Å². The molecule has 0 amide bonds. The maximum Gasteiger partial charge on any atom is 0.251 e. The van der Waals surface area contributed by atoms with Gasteiger partial charge in [-0.05, 0) is 48.4 Å². The van der Waals surface area contributed by atoms with Gasteiger partial charge in [0, 0.05) is 43.0 Å². The lowest BCUT2D eigenvalue weighted by Gasteiger charge is -2.29. The van der Waals surface area contributed by atoms with E-state index in [4.69, 9.17) is 4.74 Å². The second kappa shape index (κ2) is 8.48. The Morgan fingerprint density at radius 2 is 1.83 bits per heavy atom. The quantitative estimate of drug-likeness (QED) is 0.426. The minimum Gasteiger partial charge on any atom is -0.495 e. The van der Waals surface area contributed by atoms with Gasteiger partial charge in [0.15, 0.2) is 5.60 Å². The average Bonchev–Trinajstić information content (AvgIpc) is 3.32. The van der Waals surface area contributed by atoms with Crippen LogP contribution >= 0.6 is 0 Å². The first-order valence-electron chi connectivity index (χ1n) is 11.1. The monoisotopic (exact) mass is 467 g/mol. The normalized spacial score (nSPS) is 13.1. The molecule has 0 aliphatic rings. The smallest absolute Gasteiger partial charge is 0.251 e. The zero-order chi connectivity index (χ0) is 24.7. The minimum atomic E-state index is -1.61. The molecule has 4 heterocycles. The molecule has 1 N–H and O–H groups in total. The lowest BCUT2D eigenvalue weighted by atomic mass is 9.85. The fourth-order valence-corrected chi connectivity index (χ4v) is 4.53. The number of methoxy groups -OCH3 is 1. The Bertz CT molecular complexity index is 1600. The van der Waals surface area contributed by atoms with Gasteiger partial charge < -0.3 is 19.0 Å². The summed E-state index contributed by atoms with van der Waals surface area (Å²) in [5, 5.41) is 13.1. The van der Waals surface area contributed by atoms with Gasteiger partial charge in [-0.15, -0.1) is 0 Å². The number of aromatic nitrogens is 5. The first-order chi connectivity index (χ1) is 16.8. The Morgan fingerprint density at radius 3 is 2.49 bits per heavy atom. The van der Waals surface area contributed by atoms with Gasteiger partial charge in [-0.3, -0.25) is 14.8 Å². The lowest BCUT2D eigenvalue weighted by molar-refractivity contribution is 0.112. The summed E-state index contributed by atoms with van der Waals surface area (Å²) >= 11 is 0. The number of nitrogens with zero attached hydrogens (tertiary/aromatic N) is 5. The zero-order valence-corrected chi connectivity index (χ0v) is 19.9. The molecule has 0 spiro atoms. The molecule has 0 radical (unpaired) electrons. The summed E-state index contributed by atoms with van der Waals surface area (Å²) in [5.41, 5.74) is 3.01. The van der Waals surface area contributed by atoms with Crippen molar-refractivity contribution in [1.29, 1.82) is 0 Å². The molecule has 8 heteroatoms. The van der Waals surface area contributed by atoms with Gasteiger partial charge >= 0.3 is 0 Å². The Kier molecular flexibility index (Phi) is 5.45. The first kappa shape index (κ1) is 22.5. The van der Waals surface area contributed by atoms with Crippen LogP contribution in [0, 0.1) is 6.92 Å². The second-order valence-electron chi connectivity index (χ2n) is 8.51. The van der Waals surface area contributed by atoms with E-state index >= 15 is 0 Å².